The Morgan fingerprint density at radius 1 is 0.951 bits per heavy atom. The maximum absolute atomic E-state index is 16.2. The minimum absolute atomic E-state index is 0.00797. The van der Waals surface area contributed by atoms with Crippen molar-refractivity contribution in [3.05, 3.63) is 101 Å². The maximum atomic E-state index is 16.2. The first-order chi connectivity index (χ1) is 29.7. The SMILES string of the molecule is COc1cc(N2CCN(CCCc3ccc4c(c3)n(C)c(=O)n4C3CCC(=O)NC3=O)CC2)ccc1-c1cc(C2=CCCN(C(=O)CCn3ccnn3)C2)c(F)c2[nH]ccc12. The minimum Gasteiger partial charge on any atom is -0.496 e. The second-order valence-corrected chi connectivity index (χ2v) is 16.1. The van der Waals surface area contributed by atoms with Gasteiger partial charge in [0.15, 0.2) is 5.82 Å². The van der Waals surface area contributed by atoms with Crippen LogP contribution in [0.4, 0.5) is 10.1 Å². The van der Waals surface area contributed by atoms with Gasteiger partial charge in [-0.25, -0.2) is 9.18 Å². The molecule has 15 nitrogen and oxygen atoms in total. The van der Waals surface area contributed by atoms with Crippen molar-refractivity contribution in [3.63, 3.8) is 0 Å². The second-order valence-electron chi connectivity index (χ2n) is 16.1. The number of ether oxygens (including phenoxy) is 1. The van der Waals surface area contributed by atoms with Gasteiger partial charge in [-0.3, -0.25) is 38.4 Å². The van der Waals surface area contributed by atoms with E-state index in [1.165, 1.54) is 4.57 Å². The summed E-state index contributed by atoms with van der Waals surface area (Å²) in [5.41, 5.74) is 6.77. The van der Waals surface area contributed by atoms with Gasteiger partial charge < -0.3 is 19.5 Å². The summed E-state index contributed by atoms with van der Waals surface area (Å²) in [7, 11) is 3.38. The molecule has 9 rings (SSSR count). The number of piperazine rings is 1. The highest BCUT2D eigenvalue weighted by Gasteiger charge is 2.31. The Bertz CT molecular complexity index is 2720. The molecule has 316 valence electrons. The number of imide groups is 1. The quantitative estimate of drug-likeness (QED) is 0.168. The number of piperidine rings is 1. The van der Waals surface area contributed by atoms with Crippen LogP contribution in [0.15, 0.2) is 78.0 Å². The molecule has 3 aromatic heterocycles. The van der Waals surface area contributed by atoms with Gasteiger partial charge in [0.2, 0.25) is 17.7 Å². The zero-order chi connectivity index (χ0) is 42.2. The Morgan fingerprint density at radius 3 is 2.59 bits per heavy atom. The summed E-state index contributed by atoms with van der Waals surface area (Å²) >= 11 is 0. The third kappa shape index (κ3) is 7.83. The van der Waals surface area contributed by atoms with Gasteiger partial charge in [-0.15, -0.1) is 5.10 Å². The molecule has 3 aliphatic rings. The highest BCUT2D eigenvalue weighted by Crippen LogP contribution is 2.41. The number of hydrogen-bond acceptors (Lipinski definition) is 9. The van der Waals surface area contributed by atoms with Gasteiger partial charge in [0.1, 0.15) is 11.8 Å². The number of carbonyl (C=O) groups is 3. The zero-order valence-electron chi connectivity index (χ0n) is 34.4. The van der Waals surface area contributed by atoms with Crippen LogP contribution in [-0.4, -0.2) is 110 Å². The number of methoxy groups -OCH3 is 1. The lowest BCUT2D eigenvalue weighted by Gasteiger charge is -2.36. The van der Waals surface area contributed by atoms with E-state index < -0.39 is 11.9 Å². The average Bonchev–Trinajstić information content (AvgIpc) is 4.05. The topological polar surface area (TPSA) is 156 Å². The van der Waals surface area contributed by atoms with E-state index in [0.717, 1.165) is 84.4 Å². The normalized spacial score (nSPS) is 17.6. The first kappa shape index (κ1) is 39.9. The number of nitrogens with zero attached hydrogens (tertiary/aromatic N) is 8. The van der Waals surface area contributed by atoms with Crippen molar-refractivity contribution >= 4 is 50.9 Å². The molecular weight excluding hydrogens is 780 g/mol. The molecule has 6 heterocycles. The Hall–Kier alpha value is -6.55. The lowest BCUT2D eigenvalue weighted by Crippen LogP contribution is -2.46. The molecule has 0 aliphatic carbocycles. The van der Waals surface area contributed by atoms with Gasteiger partial charge in [-0.2, -0.15) is 0 Å². The molecule has 2 fully saturated rings. The monoisotopic (exact) mass is 828 g/mol. The number of aromatic nitrogens is 6. The van der Waals surface area contributed by atoms with Crippen LogP contribution in [0.2, 0.25) is 0 Å². The molecule has 2 N–H and O–H groups in total. The molecule has 6 aromatic rings. The summed E-state index contributed by atoms with van der Waals surface area (Å²) in [5.74, 6) is -0.387. The molecule has 16 heteroatoms. The summed E-state index contributed by atoms with van der Waals surface area (Å²) in [6, 6.07) is 15.3. The number of rotatable bonds is 12. The number of fused-ring (bicyclic) bond motifs is 2. The van der Waals surface area contributed by atoms with Crippen LogP contribution in [-0.2, 0) is 34.4 Å². The van der Waals surface area contributed by atoms with Gasteiger partial charge in [-0.05, 0) is 85.3 Å². The number of aryl methyl sites for hydroxylation is 3. The van der Waals surface area contributed by atoms with Crippen molar-refractivity contribution in [1.29, 1.82) is 0 Å². The van der Waals surface area contributed by atoms with E-state index in [1.807, 2.05) is 36.4 Å². The highest BCUT2D eigenvalue weighted by molar-refractivity contribution is 6.01. The molecule has 2 saturated heterocycles. The van der Waals surface area contributed by atoms with Gasteiger partial charge in [0.05, 0.1) is 36.4 Å². The van der Waals surface area contributed by atoms with E-state index in [4.69, 9.17) is 4.74 Å². The smallest absolute Gasteiger partial charge is 0.329 e. The first-order valence-corrected chi connectivity index (χ1v) is 21.0. The van der Waals surface area contributed by atoms with Crippen LogP contribution in [0, 0.1) is 5.82 Å². The third-order valence-corrected chi connectivity index (χ3v) is 12.5. The maximum Gasteiger partial charge on any atom is 0.329 e. The Morgan fingerprint density at radius 2 is 1.80 bits per heavy atom. The summed E-state index contributed by atoms with van der Waals surface area (Å²) in [6.45, 7) is 5.81. The number of aromatic amines is 1. The van der Waals surface area contributed by atoms with Gasteiger partial charge in [0, 0.05) is 99.8 Å². The standard InChI is InChI=1S/C45H49FN10O5/c1-51-38-25-29(7-10-36(38)56(45(51)60)37-11-12-40(57)49-44(37)59)5-3-17-52-21-23-53(24-22-52)31-8-9-32(39(26-31)61-2)35-27-34(42(46)43-33(35)13-15-47-43)30-6-4-18-54(28-30)41(58)14-19-55-20-16-48-50-55/h6-10,13,15-16,20,25-27,37,47H,3-5,11-12,14,17-19,21-24,28H2,1-2H3,(H,49,57,59). The fourth-order valence-electron chi connectivity index (χ4n) is 9.15. The van der Waals surface area contributed by atoms with E-state index >= 15 is 4.39 Å². The first-order valence-electron chi connectivity index (χ1n) is 21.0. The minimum atomic E-state index is -0.698. The second kappa shape index (κ2) is 16.8. The van der Waals surface area contributed by atoms with Crippen LogP contribution in [0.25, 0.3) is 38.6 Å². The number of halogens is 1. The molecule has 0 bridgehead atoms. The number of amides is 3. The van der Waals surface area contributed by atoms with Crippen LogP contribution in [0.3, 0.4) is 0 Å². The van der Waals surface area contributed by atoms with Crippen molar-refractivity contribution in [2.75, 3.05) is 57.8 Å². The van der Waals surface area contributed by atoms with Crippen LogP contribution >= 0.6 is 0 Å². The lowest BCUT2D eigenvalue weighted by atomic mass is 9.92. The molecule has 1 atom stereocenters. The summed E-state index contributed by atoms with van der Waals surface area (Å²) < 4.78 is 27.0. The fraction of sp³-hybridized carbons (Fsp3) is 0.378. The molecule has 0 spiro atoms. The Labute approximate surface area is 351 Å². The summed E-state index contributed by atoms with van der Waals surface area (Å²) in [5, 5.41) is 10.9. The number of anilines is 1. The number of H-pyrrole nitrogens is 1. The highest BCUT2D eigenvalue weighted by atomic mass is 19.1. The van der Waals surface area contributed by atoms with E-state index in [0.29, 0.717) is 54.8 Å². The number of hydrogen-bond donors (Lipinski definition) is 2. The Balaban J connectivity index is 0.842. The zero-order valence-corrected chi connectivity index (χ0v) is 34.4. The fourth-order valence-corrected chi connectivity index (χ4v) is 9.15. The molecule has 3 aromatic carbocycles. The molecule has 0 radical (unpaired) electrons. The van der Waals surface area contributed by atoms with Crippen LogP contribution < -0.4 is 20.6 Å². The van der Waals surface area contributed by atoms with E-state index in [2.05, 4.69) is 48.6 Å². The van der Waals surface area contributed by atoms with Crippen molar-refractivity contribution in [2.45, 2.75) is 51.1 Å². The number of imidazole rings is 1. The van der Waals surface area contributed by atoms with E-state index in [1.54, 1.807) is 46.9 Å². The number of nitrogens with one attached hydrogen (secondary N) is 2. The number of carbonyl (C=O) groups excluding carboxylic acids is 3. The predicted molar refractivity (Wildman–Crippen MR) is 230 cm³/mol. The van der Waals surface area contributed by atoms with Gasteiger partial charge in [-0.1, -0.05) is 17.4 Å². The van der Waals surface area contributed by atoms with Crippen molar-refractivity contribution < 1.29 is 23.5 Å². The molecular formula is C45H49FN10O5. The molecule has 3 aliphatic heterocycles. The third-order valence-electron chi connectivity index (χ3n) is 12.5. The summed E-state index contributed by atoms with van der Waals surface area (Å²) in [4.78, 5) is 60.4. The molecule has 0 saturated carbocycles. The van der Waals surface area contributed by atoms with Gasteiger partial charge in [0.25, 0.3) is 0 Å². The molecule has 61 heavy (non-hydrogen) atoms. The van der Waals surface area contributed by atoms with Crippen molar-refractivity contribution in [1.82, 2.24) is 44.2 Å². The van der Waals surface area contributed by atoms with Crippen LogP contribution in [0.5, 0.6) is 5.75 Å². The van der Waals surface area contributed by atoms with E-state index in [-0.39, 0.29) is 36.2 Å². The van der Waals surface area contributed by atoms with E-state index in [9.17, 15) is 19.2 Å². The number of benzene rings is 3. The van der Waals surface area contributed by atoms with Gasteiger partial charge >= 0.3 is 5.69 Å². The summed E-state index contributed by atoms with van der Waals surface area (Å²) in [6.07, 6.45) is 10.4. The Kier molecular flexibility index (Phi) is 11.0. The largest absolute Gasteiger partial charge is 0.496 e. The van der Waals surface area contributed by atoms with Crippen molar-refractivity contribution in [2.24, 2.45) is 7.05 Å². The average molecular weight is 829 g/mol. The lowest BCUT2D eigenvalue weighted by molar-refractivity contribution is -0.136. The van der Waals surface area contributed by atoms with Crippen molar-refractivity contribution in [3.8, 4) is 16.9 Å². The molecule has 1 unspecified atom stereocenters. The van der Waals surface area contributed by atoms with Crippen LogP contribution in [0.1, 0.15) is 49.3 Å². The predicted octanol–water partition coefficient (Wildman–Crippen LogP) is 4.67. The molecule has 3 amide bonds.